The highest BCUT2D eigenvalue weighted by atomic mass is 32.2. The summed E-state index contributed by atoms with van der Waals surface area (Å²) in [5, 5.41) is 21.0. The molecule has 0 bridgehead atoms. The molecule has 0 saturated carbocycles. The molecule has 0 fully saturated rings. The first-order valence-electron chi connectivity index (χ1n) is 6.91. The maximum Gasteiger partial charge on any atom is 0.316 e. The lowest BCUT2D eigenvalue weighted by molar-refractivity contribution is -0.137. The van der Waals surface area contributed by atoms with Gasteiger partial charge in [0.25, 0.3) is 0 Å². The number of methoxy groups -OCH3 is 1. The van der Waals surface area contributed by atoms with Crippen LogP contribution in [-0.4, -0.2) is 38.7 Å². The van der Waals surface area contributed by atoms with Gasteiger partial charge in [-0.05, 0) is 22.9 Å². The second-order valence-electron chi connectivity index (χ2n) is 4.95. The quantitative estimate of drug-likeness (QED) is 0.586. The van der Waals surface area contributed by atoms with E-state index in [1.807, 2.05) is 30.3 Å². The Bertz CT molecular complexity index is 876. The highest BCUT2D eigenvalue weighted by molar-refractivity contribution is 7.99. The number of hydrogen-bond donors (Lipinski definition) is 1. The second kappa shape index (κ2) is 6.29. The number of thioether (sulfide) groups is 1. The molecular weight excluding hydrogens is 314 g/mol. The fraction of sp³-hybridized carbons (Fsp3) is 0.188. The van der Waals surface area contributed by atoms with E-state index in [1.165, 1.54) is 18.9 Å². The first-order valence-corrected chi connectivity index (χ1v) is 7.90. The molecule has 0 unspecified atom stereocenters. The molecule has 1 aromatic heterocycles. The molecular formula is C16H15N3O3S. The van der Waals surface area contributed by atoms with Gasteiger partial charge in [-0.25, -0.2) is 0 Å². The van der Waals surface area contributed by atoms with Crippen LogP contribution in [0.3, 0.4) is 0 Å². The van der Waals surface area contributed by atoms with Crippen molar-refractivity contribution in [3.8, 4) is 17.1 Å². The molecule has 0 radical (unpaired) electrons. The van der Waals surface area contributed by atoms with Crippen molar-refractivity contribution in [2.75, 3.05) is 12.9 Å². The van der Waals surface area contributed by atoms with E-state index in [1.54, 1.807) is 17.7 Å². The molecule has 0 aliphatic rings. The third-order valence-electron chi connectivity index (χ3n) is 3.49. The highest BCUT2D eigenvalue weighted by Gasteiger charge is 2.16. The monoisotopic (exact) mass is 329 g/mol. The molecule has 2 aromatic carbocycles. The number of ether oxygens (including phenoxy) is 1. The van der Waals surface area contributed by atoms with Crippen LogP contribution in [0.2, 0.25) is 0 Å². The molecule has 7 heteroatoms. The third kappa shape index (κ3) is 3.00. The Hall–Kier alpha value is -2.54. The van der Waals surface area contributed by atoms with Crippen LogP contribution in [0, 0.1) is 0 Å². The third-order valence-corrected chi connectivity index (χ3v) is 4.48. The summed E-state index contributed by atoms with van der Waals surface area (Å²) in [4.78, 5) is 11.2. The fourth-order valence-electron chi connectivity index (χ4n) is 2.26. The van der Waals surface area contributed by atoms with Crippen molar-refractivity contribution < 1.29 is 14.6 Å². The lowest BCUT2D eigenvalue weighted by atomic mass is 10.1. The van der Waals surface area contributed by atoms with Crippen molar-refractivity contribution in [2.45, 2.75) is 5.16 Å². The number of esters is 1. The number of fused-ring (bicyclic) bond motifs is 1. The van der Waals surface area contributed by atoms with Crippen LogP contribution in [0.4, 0.5) is 0 Å². The minimum atomic E-state index is -0.326. The van der Waals surface area contributed by atoms with Crippen LogP contribution >= 0.6 is 11.8 Å². The van der Waals surface area contributed by atoms with Gasteiger partial charge in [0.15, 0.2) is 11.0 Å². The van der Waals surface area contributed by atoms with Gasteiger partial charge in [0.2, 0.25) is 0 Å². The maximum absolute atomic E-state index is 11.2. The zero-order valence-corrected chi connectivity index (χ0v) is 13.5. The van der Waals surface area contributed by atoms with Crippen molar-refractivity contribution in [3.05, 3.63) is 36.4 Å². The lowest BCUT2D eigenvalue weighted by Crippen LogP contribution is -2.04. The summed E-state index contributed by atoms with van der Waals surface area (Å²) in [5.41, 5.74) is 0.601. The van der Waals surface area contributed by atoms with Gasteiger partial charge < -0.3 is 14.4 Å². The number of aromatic nitrogens is 3. The summed E-state index contributed by atoms with van der Waals surface area (Å²) >= 11 is 1.24. The number of rotatable bonds is 4. The Labute approximate surface area is 137 Å². The summed E-state index contributed by atoms with van der Waals surface area (Å²) in [6, 6.07) is 11.4. The Morgan fingerprint density at radius 3 is 2.65 bits per heavy atom. The number of hydrogen-bond acceptors (Lipinski definition) is 6. The second-order valence-corrected chi connectivity index (χ2v) is 5.89. The molecule has 0 spiro atoms. The average molecular weight is 329 g/mol. The largest absolute Gasteiger partial charge is 0.507 e. The minimum absolute atomic E-state index is 0.142. The van der Waals surface area contributed by atoms with Crippen LogP contribution in [0.15, 0.2) is 41.6 Å². The average Bonchev–Trinajstić information content (AvgIpc) is 2.92. The minimum Gasteiger partial charge on any atom is -0.507 e. The van der Waals surface area contributed by atoms with Crippen molar-refractivity contribution in [1.82, 2.24) is 14.8 Å². The molecule has 118 valence electrons. The van der Waals surface area contributed by atoms with Crippen LogP contribution < -0.4 is 0 Å². The molecule has 0 amide bonds. The highest BCUT2D eigenvalue weighted by Crippen LogP contribution is 2.33. The van der Waals surface area contributed by atoms with E-state index in [2.05, 4.69) is 14.9 Å². The van der Waals surface area contributed by atoms with Gasteiger partial charge in [-0.2, -0.15) is 0 Å². The Kier molecular flexibility index (Phi) is 4.20. The van der Waals surface area contributed by atoms with Gasteiger partial charge in [0, 0.05) is 7.05 Å². The SMILES string of the molecule is COC(=O)CSc1nnc(-c2cc3ccccc3cc2O)n1C. The number of phenols is 1. The van der Waals surface area contributed by atoms with Crippen molar-refractivity contribution >= 4 is 28.5 Å². The number of phenolic OH excluding ortho intramolecular Hbond substituents is 1. The smallest absolute Gasteiger partial charge is 0.316 e. The van der Waals surface area contributed by atoms with Crippen LogP contribution in [0.25, 0.3) is 22.2 Å². The van der Waals surface area contributed by atoms with E-state index in [9.17, 15) is 9.90 Å². The van der Waals surface area contributed by atoms with Gasteiger partial charge in [-0.15, -0.1) is 10.2 Å². The summed E-state index contributed by atoms with van der Waals surface area (Å²) in [5.74, 6) is 0.518. The first kappa shape index (κ1) is 15.4. The number of aromatic hydroxyl groups is 1. The number of carbonyl (C=O) groups is 1. The van der Waals surface area contributed by atoms with Crippen molar-refractivity contribution in [2.24, 2.45) is 7.05 Å². The molecule has 23 heavy (non-hydrogen) atoms. The van der Waals surface area contributed by atoms with E-state index in [0.717, 1.165) is 10.8 Å². The van der Waals surface area contributed by atoms with Crippen molar-refractivity contribution in [3.63, 3.8) is 0 Å². The summed E-state index contributed by atoms with van der Waals surface area (Å²) in [7, 11) is 3.14. The van der Waals surface area contributed by atoms with Crippen molar-refractivity contribution in [1.29, 1.82) is 0 Å². The Balaban J connectivity index is 1.97. The van der Waals surface area contributed by atoms with Gasteiger partial charge in [0.1, 0.15) is 5.75 Å². The molecule has 1 heterocycles. The van der Waals surface area contributed by atoms with E-state index in [-0.39, 0.29) is 17.5 Å². The van der Waals surface area contributed by atoms with Gasteiger partial charge in [-0.3, -0.25) is 4.79 Å². The molecule has 1 N–H and O–H groups in total. The predicted octanol–water partition coefficient (Wildman–Crippen LogP) is 2.61. The zero-order chi connectivity index (χ0) is 16.4. The molecule has 3 aromatic rings. The topological polar surface area (TPSA) is 77.2 Å². The van der Waals surface area contributed by atoms with Gasteiger partial charge in [0.05, 0.1) is 18.4 Å². The summed E-state index contributed by atoms with van der Waals surface area (Å²) in [6.45, 7) is 0. The maximum atomic E-state index is 11.2. The molecule has 0 saturated heterocycles. The summed E-state index contributed by atoms with van der Waals surface area (Å²) < 4.78 is 6.36. The van der Waals surface area contributed by atoms with E-state index >= 15 is 0 Å². The number of benzene rings is 2. The fourth-order valence-corrected chi connectivity index (χ4v) is 3.01. The molecule has 3 rings (SSSR count). The first-order chi connectivity index (χ1) is 11.1. The zero-order valence-electron chi connectivity index (χ0n) is 12.7. The van der Waals surface area contributed by atoms with Crippen LogP contribution in [-0.2, 0) is 16.6 Å². The van der Waals surface area contributed by atoms with E-state index in [0.29, 0.717) is 16.5 Å². The Morgan fingerprint density at radius 2 is 1.96 bits per heavy atom. The predicted molar refractivity (Wildman–Crippen MR) is 88.3 cm³/mol. The lowest BCUT2D eigenvalue weighted by Gasteiger charge is -2.07. The molecule has 0 atom stereocenters. The normalized spacial score (nSPS) is 10.9. The van der Waals surface area contributed by atoms with E-state index in [4.69, 9.17) is 0 Å². The summed E-state index contributed by atoms with van der Waals surface area (Å²) in [6.07, 6.45) is 0. The molecule has 6 nitrogen and oxygen atoms in total. The van der Waals surface area contributed by atoms with Gasteiger partial charge in [-0.1, -0.05) is 36.0 Å². The molecule has 0 aliphatic heterocycles. The van der Waals surface area contributed by atoms with E-state index < -0.39 is 0 Å². The Morgan fingerprint density at radius 1 is 1.26 bits per heavy atom. The number of nitrogens with zero attached hydrogens (tertiary/aromatic N) is 3. The van der Waals surface area contributed by atoms with Crippen LogP contribution in [0.1, 0.15) is 0 Å². The number of carbonyl (C=O) groups excluding carboxylic acids is 1. The van der Waals surface area contributed by atoms with Crippen LogP contribution in [0.5, 0.6) is 5.75 Å². The van der Waals surface area contributed by atoms with Gasteiger partial charge >= 0.3 is 5.97 Å². The standard InChI is InChI=1S/C16H15N3O3S/c1-19-15(17-18-16(19)23-9-14(21)22-2)12-7-10-5-3-4-6-11(10)8-13(12)20/h3-8,20H,9H2,1-2H3. The molecule has 0 aliphatic carbocycles.